The van der Waals surface area contributed by atoms with Gasteiger partial charge in [-0.1, -0.05) is 13.8 Å². The monoisotopic (exact) mass is 157 g/mol. The molecule has 0 aromatic heterocycles. The molecule has 0 aliphatic carbocycles. The van der Waals surface area contributed by atoms with Crippen molar-refractivity contribution in [2.24, 2.45) is 5.92 Å². The lowest BCUT2D eigenvalue weighted by Gasteiger charge is -2.45. The maximum Gasteiger partial charge on any atom is 0.0912 e. The van der Waals surface area contributed by atoms with Crippen LogP contribution in [0.1, 0.15) is 33.6 Å². The van der Waals surface area contributed by atoms with Crippen LogP contribution in [0.25, 0.3) is 0 Å². The maximum atomic E-state index is 11.9. The lowest BCUT2D eigenvalue weighted by atomic mass is 10.0. The molecule has 1 aliphatic heterocycles. The number of hydrogen-bond acceptors (Lipinski definition) is 1. The van der Waals surface area contributed by atoms with Gasteiger partial charge in [0.2, 0.25) is 0 Å². The summed E-state index contributed by atoms with van der Waals surface area (Å²) in [5.41, 5.74) is 0. The Morgan fingerprint density at radius 2 is 1.91 bits per heavy atom. The quantitative estimate of drug-likeness (QED) is 0.422. The van der Waals surface area contributed by atoms with E-state index in [1.54, 1.807) is 0 Å². The van der Waals surface area contributed by atoms with Crippen molar-refractivity contribution in [1.29, 1.82) is 0 Å². The van der Waals surface area contributed by atoms with E-state index in [0.717, 1.165) is 12.8 Å². The summed E-state index contributed by atoms with van der Waals surface area (Å²) < 4.78 is -0.0162. The van der Waals surface area contributed by atoms with Gasteiger partial charge in [0.1, 0.15) is 0 Å². The zero-order valence-corrected chi connectivity index (χ0v) is 8.00. The molecule has 0 spiro atoms. The molecule has 1 rings (SSSR count). The molecule has 11 heavy (non-hydrogen) atoms. The van der Waals surface area contributed by atoms with Crippen LogP contribution in [0.4, 0.5) is 0 Å². The molecule has 1 unspecified atom stereocenters. The van der Waals surface area contributed by atoms with Gasteiger partial charge in [-0.3, -0.25) is 0 Å². The second kappa shape index (κ2) is 2.76. The van der Waals surface area contributed by atoms with E-state index in [1.807, 2.05) is 7.05 Å². The molecule has 0 bridgehead atoms. The summed E-state index contributed by atoms with van der Waals surface area (Å²) in [5.74, 6) is 0.530. The van der Waals surface area contributed by atoms with Crippen LogP contribution >= 0.6 is 0 Å². The Bertz CT molecular complexity index is 142. The lowest BCUT2D eigenvalue weighted by molar-refractivity contribution is -0.898. The Hall–Kier alpha value is -0.0800. The van der Waals surface area contributed by atoms with Crippen molar-refractivity contribution < 1.29 is 4.65 Å². The van der Waals surface area contributed by atoms with Crippen LogP contribution < -0.4 is 0 Å². The number of rotatable bonds is 1. The van der Waals surface area contributed by atoms with Crippen molar-refractivity contribution in [1.82, 2.24) is 0 Å². The third kappa shape index (κ3) is 1.42. The Morgan fingerprint density at radius 1 is 1.36 bits per heavy atom. The molecule has 0 aromatic rings. The van der Waals surface area contributed by atoms with Crippen LogP contribution in [0.15, 0.2) is 0 Å². The third-order valence-electron chi connectivity index (χ3n) is 3.18. The highest BCUT2D eigenvalue weighted by Gasteiger charge is 2.38. The van der Waals surface area contributed by atoms with E-state index >= 15 is 0 Å². The van der Waals surface area contributed by atoms with Gasteiger partial charge in [-0.25, -0.2) is 0 Å². The molecule has 1 heterocycles. The summed E-state index contributed by atoms with van der Waals surface area (Å²) in [6, 6.07) is 0.646. The summed E-state index contributed by atoms with van der Waals surface area (Å²) in [7, 11) is 1.82. The Labute approximate surface area is 69.4 Å². The Balaban J connectivity index is 2.70. The van der Waals surface area contributed by atoms with Crippen molar-refractivity contribution in [3.8, 4) is 0 Å². The van der Waals surface area contributed by atoms with Gasteiger partial charge in [0.05, 0.1) is 19.1 Å². The first-order valence-electron chi connectivity index (χ1n) is 4.53. The number of quaternary nitrogens is 1. The fraction of sp³-hybridized carbons (Fsp3) is 1.00. The van der Waals surface area contributed by atoms with Crippen molar-refractivity contribution >= 4 is 0 Å². The number of hydrogen-bond donors (Lipinski definition) is 0. The standard InChI is InChI=1S/C9H19NO/c1-7(2)9-6-5-8(3)10(9,4)11/h7-9H,5-6H2,1-4H3/t8-,9+,10?/m1/s1. The molecule has 1 aliphatic rings. The normalized spacial score (nSPS) is 45.3. The molecule has 2 nitrogen and oxygen atoms in total. The molecular weight excluding hydrogens is 138 g/mol. The van der Waals surface area contributed by atoms with Crippen LogP contribution in [-0.2, 0) is 0 Å². The zero-order chi connectivity index (χ0) is 8.65. The predicted molar refractivity (Wildman–Crippen MR) is 46.9 cm³/mol. The van der Waals surface area contributed by atoms with Crippen LogP contribution in [0, 0.1) is 11.1 Å². The molecule has 3 atom stereocenters. The summed E-state index contributed by atoms with van der Waals surface area (Å²) in [4.78, 5) is 0. The number of hydroxylamine groups is 3. The minimum atomic E-state index is -0.0162. The Kier molecular flexibility index (Phi) is 2.26. The minimum Gasteiger partial charge on any atom is -0.633 e. The molecule has 2 heteroatoms. The molecule has 0 amide bonds. The average molecular weight is 157 g/mol. The summed E-state index contributed by atoms with van der Waals surface area (Å²) >= 11 is 0. The van der Waals surface area contributed by atoms with Crippen LogP contribution in [0.5, 0.6) is 0 Å². The van der Waals surface area contributed by atoms with E-state index in [4.69, 9.17) is 0 Å². The predicted octanol–water partition coefficient (Wildman–Crippen LogP) is 2.14. The van der Waals surface area contributed by atoms with Gasteiger partial charge in [0.25, 0.3) is 0 Å². The smallest absolute Gasteiger partial charge is 0.0912 e. The van der Waals surface area contributed by atoms with Crippen LogP contribution in [0.2, 0.25) is 0 Å². The molecule has 1 fully saturated rings. The zero-order valence-electron chi connectivity index (χ0n) is 8.00. The molecular formula is C9H19NO. The van der Waals surface area contributed by atoms with Crippen molar-refractivity contribution in [2.45, 2.75) is 45.7 Å². The molecule has 0 aromatic carbocycles. The summed E-state index contributed by atoms with van der Waals surface area (Å²) in [6.45, 7) is 6.36. The molecule has 0 N–H and O–H groups in total. The van der Waals surface area contributed by atoms with E-state index in [9.17, 15) is 5.21 Å². The van der Waals surface area contributed by atoms with Gasteiger partial charge >= 0.3 is 0 Å². The maximum absolute atomic E-state index is 11.9. The van der Waals surface area contributed by atoms with Gasteiger partial charge in [-0.2, -0.15) is 0 Å². The Morgan fingerprint density at radius 3 is 2.09 bits per heavy atom. The largest absolute Gasteiger partial charge is 0.633 e. The van der Waals surface area contributed by atoms with Gasteiger partial charge in [0, 0.05) is 18.8 Å². The van der Waals surface area contributed by atoms with Crippen molar-refractivity contribution in [3.63, 3.8) is 0 Å². The first-order chi connectivity index (χ1) is 4.96. The van der Waals surface area contributed by atoms with Crippen LogP contribution in [0.3, 0.4) is 0 Å². The number of nitrogens with zero attached hydrogens (tertiary/aromatic N) is 1. The highest BCUT2D eigenvalue weighted by atomic mass is 16.5. The first-order valence-corrected chi connectivity index (χ1v) is 4.53. The van der Waals surface area contributed by atoms with Crippen molar-refractivity contribution in [3.05, 3.63) is 5.21 Å². The van der Waals surface area contributed by atoms with Gasteiger partial charge < -0.3 is 9.85 Å². The fourth-order valence-electron chi connectivity index (χ4n) is 2.18. The third-order valence-corrected chi connectivity index (χ3v) is 3.18. The van der Waals surface area contributed by atoms with Crippen LogP contribution in [-0.4, -0.2) is 23.8 Å². The van der Waals surface area contributed by atoms with E-state index in [0.29, 0.717) is 18.0 Å². The van der Waals surface area contributed by atoms with E-state index < -0.39 is 0 Å². The highest BCUT2D eigenvalue weighted by Crippen LogP contribution is 2.33. The number of likely N-dealkylation sites (tertiary alicyclic amines) is 1. The SMILES string of the molecule is CC(C)[C@@H]1CC[C@@H](C)[N+]1(C)[O-]. The molecule has 1 saturated heterocycles. The minimum absolute atomic E-state index is 0.0162. The first kappa shape index (κ1) is 9.01. The van der Waals surface area contributed by atoms with Gasteiger partial charge in [-0.05, 0) is 6.92 Å². The molecule has 0 radical (unpaired) electrons. The second-order valence-corrected chi connectivity index (χ2v) is 4.30. The highest BCUT2D eigenvalue weighted by molar-refractivity contribution is 4.75. The summed E-state index contributed by atoms with van der Waals surface area (Å²) in [5, 5.41) is 11.9. The van der Waals surface area contributed by atoms with E-state index in [2.05, 4.69) is 20.8 Å². The average Bonchev–Trinajstić information content (AvgIpc) is 2.08. The van der Waals surface area contributed by atoms with E-state index in [1.165, 1.54) is 0 Å². The summed E-state index contributed by atoms with van der Waals surface area (Å²) in [6.07, 6.45) is 2.21. The van der Waals surface area contributed by atoms with E-state index in [-0.39, 0.29) is 4.65 Å². The molecule has 66 valence electrons. The van der Waals surface area contributed by atoms with Gasteiger partial charge in [0.15, 0.2) is 0 Å². The fourth-order valence-corrected chi connectivity index (χ4v) is 2.18. The molecule has 0 saturated carbocycles. The lowest BCUT2D eigenvalue weighted by Crippen LogP contribution is -2.49. The van der Waals surface area contributed by atoms with Gasteiger partial charge in [-0.15, -0.1) is 0 Å². The van der Waals surface area contributed by atoms with Crippen molar-refractivity contribution in [2.75, 3.05) is 7.05 Å². The second-order valence-electron chi connectivity index (χ2n) is 4.30. The topological polar surface area (TPSA) is 23.1 Å².